The van der Waals surface area contributed by atoms with E-state index >= 15 is 0 Å². The number of nitrogens with zero attached hydrogens (tertiary/aromatic N) is 2. The Balaban J connectivity index is 3.01. The molecular formula is C7H4F2N2O2. The molecule has 0 aliphatic carbocycles. The molecule has 0 fully saturated rings. The van der Waals surface area contributed by atoms with E-state index in [-0.39, 0.29) is 11.3 Å². The Morgan fingerprint density at radius 2 is 2.31 bits per heavy atom. The van der Waals surface area contributed by atoms with Crippen molar-refractivity contribution in [3.05, 3.63) is 17.8 Å². The van der Waals surface area contributed by atoms with Crippen molar-refractivity contribution in [3.63, 3.8) is 0 Å². The van der Waals surface area contributed by atoms with Crippen molar-refractivity contribution in [3.8, 4) is 17.7 Å². The summed E-state index contributed by atoms with van der Waals surface area (Å²) in [6.45, 7) is -3.04. The highest BCUT2D eigenvalue weighted by molar-refractivity contribution is 5.41. The molecule has 0 radical (unpaired) electrons. The number of pyridine rings is 1. The number of hydrogen-bond acceptors (Lipinski definition) is 4. The van der Waals surface area contributed by atoms with Crippen LogP contribution < -0.4 is 4.74 Å². The van der Waals surface area contributed by atoms with E-state index in [4.69, 9.17) is 10.4 Å². The third kappa shape index (κ3) is 2.27. The summed E-state index contributed by atoms with van der Waals surface area (Å²) in [5.41, 5.74) is -0.236. The number of halogens is 2. The molecule has 0 bridgehead atoms. The standard InChI is InChI=1S/C7H4F2N2O2/c8-7(9)13-6-4(2-10)1-5(12)3-11-6/h1,3,7,12H. The average molecular weight is 186 g/mol. The lowest BCUT2D eigenvalue weighted by atomic mass is 10.3. The van der Waals surface area contributed by atoms with Gasteiger partial charge in [-0.15, -0.1) is 0 Å². The highest BCUT2D eigenvalue weighted by Gasteiger charge is 2.11. The molecule has 0 aromatic carbocycles. The van der Waals surface area contributed by atoms with Crippen molar-refractivity contribution in [2.75, 3.05) is 0 Å². The SMILES string of the molecule is N#Cc1cc(O)cnc1OC(F)F. The Kier molecular flexibility index (Phi) is 2.59. The fourth-order valence-electron chi connectivity index (χ4n) is 0.700. The van der Waals surface area contributed by atoms with Crippen LogP contribution in [0.25, 0.3) is 0 Å². The molecule has 1 rings (SSSR count). The van der Waals surface area contributed by atoms with Crippen LogP contribution in [0.15, 0.2) is 12.3 Å². The van der Waals surface area contributed by atoms with E-state index < -0.39 is 12.5 Å². The summed E-state index contributed by atoms with van der Waals surface area (Å²) in [7, 11) is 0. The van der Waals surface area contributed by atoms with Gasteiger partial charge in [0.2, 0.25) is 5.88 Å². The lowest BCUT2D eigenvalue weighted by Crippen LogP contribution is -2.04. The summed E-state index contributed by atoms with van der Waals surface area (Å²) < 4.78 is 27.3. The van der Waals surface area contributed by atoms with Crippen molar-refractivity contribution in [1.29, 1.82) is 5.26 Å². The number of hydrogen-bond donors (Lipinski definition) is 1. The van der Waals surface area contributed by atoms with Crippen LogP contribution in [0.4, 0.5) is 8.78 Å². The molecule has 0 saturated heterocycles. The summed E-state index contributed by atoms with van der Waals surface area (Å²) in [5, 5.41) is 17.3. The van der Waals surface area contributed by atoms with Crippen molar-refractivity contribution in [1.82, 2.24) is 4.98 Å². The molecule has 68 valence electrons. The van der Waals surface area contributed by atoms with Crippen molar-refractivity contribution < 1.29 is 18.6 Å². The zero-order valence-corrected chi connectivity index (χ0v) is 6.24. The molecule has 0 amide bonds. The van der Waals surface area contributed by atoms with Crippen molar-refractivity contribution in [2.24, 2.45) is 0 Å². The minimum atomic E-state index is -3.04. The number of alkyl halides is 2. The van der Waals surface area contributed by atoms with Gasteiger partial charge in [-0.2, -0.15) is 14.0 Å². The van der Waals surface area contributed by atoms with Gasteiger partial charge < -0.3 is 9.84 Å². The van der Waals surface area contributed by atoms with E-state index in [1.165, 1.54) is 0 Å². The highest BCUT2D eigenvalue weighted by Crippen LogP contribution is 2.20. The van der Waals surface area contributed by atoms with E-state index in [0.717, 1.165) is 12.3 Å². The first-order valence-electron chi connectivity index (χ1n) is 3.17. The summed E-state index contributed by atoms with van der Waals surface area (Å²) in [4.78, 5) is 3.31. The monoisotopic (exact) mass is 186 g/mol. The van der Waals surface area contributed by atoms with Gasteiger partial charge >= 0.3 is 6.61 Å². The van der Waals surface area contributed by atoms with Crippen LogP contribution in [0.5, 0.6) is 11.6 Å². The summed E-state index contributed by atoms with van der Waals surface area (Å²) >= 11 is 0. The smallest absolute Gasteiger partial charge is 0.388 e. The molecule has 13 heavy (non-hydrogen) atoms. The minimum absolute atomic E-state index is 0.236. The van der Waals surface area contributed by atoms with Gasteiger partial charge in [0.1, 0.15) is 17.4 Å². The number of aromatic hydroxyl groups is 1. The van der Waals surface area contributed by atoms with Crippen LogP contribution in [0, 0.1) is 11.3 Å². The molecule has 0 saturated carbocycles. The zero-order valence-electron chi connectivity index (χ0n) is 6.24. The van der Waals surface area contributed by atoms with Crippen LogP contribution in [0.1, 0.15) is 5.56 Å². The summed E-state index contributed by atoms with van der Waals surface area (Å²) in [6, 6.07) is 2.55. The van der Waals surface area contributed by atoms with Gasteiger partial charge in [0.05, 0.1) is 6.20 Å². The summed E-state index contributed by atoms with van der Waals surface area (Å²) in [5.74, 6) is -0.770. The molecule has 1 N–H and O–H groups in total. The molecule has 0 atom stereocenters. The average Bonchev–Trinajstić information content (AvgIpc) is 2.07. The fourth-order valence-corrected chi connectivity index (χ4v) is 0.700. The predicted molar refractivity (Wildman–Crippen MR) is 37.2 cm³/mol. The maximum absolute atomic E-state index is 11.7. The topological polar surface area (TPSA) is 66.1 Å². The van der Waals surface area contributed by atoms with Gasteiger partial charge in [-0.3, -0.25) is 0 Å². The van der Waals surface area contributed by atoms with E-state index in [2.05, 4.69) is 9.72 Å². The third-order valence-corrected chi connectivity index (χ3v) is 1.16. The van der Waals surface area contributed by atoms with Crippen LogP contribution in [-0.2, 0) is 0 Å². The molecule has 0 aliphatic rings. The second kappa shape index (κ2) is 3.67. The van der Waals surface area contributed by atoms with E-state index in [0.29, 0.717) is 0 Å². The Labute approximate surface area is 72.0 Å². The Hall–Kier alpha value is -1.90. The Morgan fingerprint density at radius 1 is 1.62 bits per heavy atom. The van der Waals surface area contributed by atoms with Gasteiger partial charge in [-0.25, -0.2) is 4.98 Å². The Bertz CT molecular complexity index is 349. The zero-order chi connectivity index (χ0) is 9.84. The van der Waals surface area contributed by atoms with Crippen LogP contribution in [0.3, 0.4) is 0 Å². The molecule has 0 unspecified atom stereocenters. The molecular weight excluding hydrogens is 182 g/mol. The second-order valence-electron chi connectivity index (χ2n) is 2.04. The maximum Gasteiger partial charge on any atom is 0.388 e. The molecule has 1 aromatic heterocycles. The highest BCUT2D eigenvalue weighted by atomic mass is 19.3. The van der Waals surface area contributed by atoms with E-state index in [1.54, 1.807) is 6.07 Å². The first-order chi connectivity index (χ1) is 6.13. The van der Waals surface area contributed by atoms with E-state index in [9.17, 15) is 8.78 Å². The molecule has 6 heteroatoms. The predicted octanol–water partition coefficient (Wildman–Crippen LogP) is 1.26. The fraction of sp³-hybridized carbons (Fsp3) is 0.143. The van der Waals surface area contributed by atoms with Crippen LogP contribution in [-0.4, -0.2) is 16.7 Å². The van der Waals surface area contributed by atoms with Gasteiger partial charge in [0.15, 0.2) is 0 Å². The lowest BCUT2D eigenvalue weighted by Gasteiger charge is -2.04. The molecule has 4 nitrogen and oxygen atoms in total. The first-order valence-corrected chi connectivity index (χ1v) is 3.17. The van der Waals surface area contributed by atoms with Gasteiger partial charge in [0, 0.05) is 6.07 Å². The largest absolute Gasteiger partial charge is 0.506 e. The first kappa shape index (κ1) is 9.19. The third-order valence-electron chi connectivity index (χ3n) is 1.16. The number of nitriles is 1. The van der Waals surface area contributed by atoms with Gasteiger partial charge in [0.25, 0.3) is 0 Å². The molecule has 1 aromatic rings. The number of aromatic nitrogens is 1. The lowest BCUT2D eigenvalue weighted by molar-refractivity contribution is -0.0531. The van der Waals surface area contributed by atoms with Gasteiger partial charge in [-0.1, -0.05) is 0 Å². The molecule has 1 heterocycles. The van der Waals surface area contributed by atoms with E-state index in [1.807, 2.05) is 0 Å². The molecule has 0 spiro atoms. The van der Waals surface area contributed by atoms with Gasteiger partial charge in [-0.05, 0) is 0 Å². The van der Waals surface area contributed by atoms with Crippen LogP contribution in [0.2, 0.25) is 0 Å². The second-order valence-corrected chi connectivity index (χ2v) is 2.04. The summed E-state index contributed by atoms with van der Waals surface area (Å²) in [6.07, 6.45) is 0.915. The molecule has 0 aliphatic heterocycles. The number of rotatable bonds is 2. The van der Waals surface area contributed by atoms with Crippen molar-refractivity contribution >= 4 is 0 Å². The maximum atomic E-state index is 11.7. The van der Waals surface area contributed by atoms with Crippen molar-refractivity contribution in [2.45, 2.75) is 6.61 Å². The Morgan fingerprint density at radius 3 is 2.85 bits per heavy atom. The van der Waals surface area contributed by atoms with Crippen LogP contribution >= 0.6 is 0 Å². The minimum Gasteiger partial charge on any atom is -0.506 e. The normalized spacial score (nSPS) is 9.69. The number of ether oxygens (including phenoxy) is 1. The quantitative estimate of drug-likeness (QED) is 0.754.